The monoisotopic (exact) mass is 343 g/mol. The minimum absolute atomic E-state index is 0.120. The largest absolute Gasteiger partial charge is 0.411 e. The number of nitrogens with zero attached hydrogens (tertiary/aromatic N) is 2. The molecule has 1 N–H and O–H groups in total. The Kier molecular flexibility index (Phi) is 5.22. The first-order valence-electron chi connectivity index (χ1n) is 7.23. The number of carbonyl (C=O) groups excluding carboxylic acids is 1. The molecule has 0 atom stereocenters. The first kappa shape index (κ1) is 16.2. The maximum absolute atomic E-state index is 12.9. The number of rotatable bonds is 6. The van der Waals surface area contributed by atoms with E-state index in [1.54, 1.807) is 12.1 Å². The molecule has 0 saturated carbocycles. The van der Waals surface area contributed by atoms with E-state index in [0.717, 1.165) is 17.3 Å². The van der Waals surface area contributed by atoms with Crippen LogP contribution in [0.3, 0.4) is 0 Å². The number of nitrogens with one attached hydrogen (secondary N) is 1. The maximum atomic E-state index is 12.9. The maximum Gasteiger partial charge on any atom is 0.277 e. The molecule has 0 saturated heterocycles. The summed E-state index contributed by atoms with van der Waals surface area (Å²) in [5, 5.41) is 10.9. The SMILES string of the molecule is O=C(CSc1nnc(-c2ccc(F)cc2)o1)NCc1ccccc1. The number of carbonyl (C=O) groups is 1. The van der Waals surface area contributed by atoms with Crippen molar-refractivity contribution < 1.29 is 13.6 Å². The van der Waals surface area contributed by atoms with E-state index in [1.807, 2.05) is 30.3 Å². The summed E-state index contributed by atoms with van der Waals surface area (Å²) in [6.07, 6.45) is 0. The van der Waals surface area contributed by atoms with Gasteiger partial charge in [0.05, 0.1) is 5.75 Å². The zero-order valence-corrected chi connectivity index (χ0v) is 13.4. The molecule has 0 aliphatic rings. The summed E-state index contributed by atoms with van der Waals surface area (Å²) in [7, 11) is 0. The average molecular weight is 343 g/mol. The summed E-state index contributed by atoms with van der Waals surface area (Å²) >= 11 is 1.16. The van der Waals surface area contributed by atoms with Crippen molar-refractivity contribution in [3.8, 4) is 11.5 Å². The molecule has 7 heteroatoms. The van der Waals surface area contributed by atoms with Gasteiger partial charge in [-0.1, -0.05) is 42.1 Å². The number of halogens is 1. The third-order valence-corrected chi connectivity index (χ3v) is 3.98. The Balaban J connectivity index is 1.50. The molecule has 3 aromatic rings. The number of hydrogen-bond acceptors (Lipinski definition) is 5. The lowest BCUT2D eigenvalue weighted by Crippen LogP contribution is -2.24. The third-order valence-electron chi connectivity index (χ3n) is 3.16. The van der Waals surface area contributed by atoms with Crippen LogP contribution in [0, 0.1) is 5.82 Å². The molecule has 5 nitrogen and oxygen atoms in total. The molecule has 1 heterocycles. The van der Waals surface area contributed by atoms with Crippen LogP contribution in [0.5, 0.6) is 0 Å². The molecule has 0 fully saturated rings. The fourth-order valence-electron chi connectivity index (χ4n) is 1.95. The molecule has 0 unspecified atom stereocenters. The van der Waals surface area contributed by atoms with Crippen molar-refractivity contribution in [2.45, 2.75) is 11.8 Å². The van der Waals surface area contributed by atoms with Crippen LogP contribution in [0.1, 0.15) is 5.56 Å². The Morgan fingerprint density at radius 2 is 1.83 bits per heavy atom. The highest BCUT2D eigenvalue weighted by Crippen LogP contribution is 2.23. The smallest absolute Gasteiger partial charge is 0.277 e. The molecular weight excluding hydrogens is 329 g/mol. The molecule has 1 aromatic heterocycles. The van der Waals surface area contributed by atoms with Gasteiger partial charge in [-0.05, 0) is 29.8 Å². The molecule has 0 bridgehead atoms. The first-order valence-corrected chi connectivity index (χ1v) is 8.22. The fourth-order valence-corrected chi connectivity index (χ4v) is 2.55. The van der Waals surface area contributed by atoms with E-state index in [4.69, 9.17) is 4.42 Å². The summed E-state index contributed by atoms with van der Waals surface area (Å²) < 4.78 is 18.4. The van der Waals surface area contributed by atoms with Crippen LogP contribution in [-0.2, 0) is 11.3 Å². The summed E-state index contributed by atoms with van der Waals surface area (Å²) in [5.74, 6) is 0.0215. The van der Waals surface area contributed by atoms with Gasteiger partial charge in [0.2, 0.25) is 11.8 Å². The molecular formula is C17H14FN3O2S. The predicted molar refractivity (Wildman–Crippen MR) is 88.7 cm³/mol. The van der Waals surface area contributed by atoms with Crippen LogP contribution >= 0.6 is 11.8 Å². The predicted octanol–water partition coefficient (Wildman–Crippen LogP) is 3.28. The van der Waals surface area contributed by atoms with Gasteiger partial charge >= 0.3 is 0 Å². The number of hydrogen-bond donors (Lipinski definition) is 1. The second-order valence-electron chi connectivity index (χ2n) is 4.93. The van der Waals surface area contributed by atoms with Gasteiger partial charge < -0.3 is 9.73 Å². The zero-order chi connectivity index (χ0) is 16.8. The number of thioether (sulfide) groups is 1. The van der Waals surface area contributed by atoms with Crippen molar-refractivity contribution in [2.75, 3.05) is 5.75 Å². The van der Waals surface area contributed by atoms with Crippen molar-refractivity contribution in [1.29, 1.82) is 0 Å². The van der Waals surface area contributed by atoms with Crippen LogP contribution in [0.15, 0.2) is 64.2 Å². The van der Waals surface area contributed by atoms with Gasteiger partial charge in [-0.3, -0.25) is 4.79 Å². The Morgan fingerprint density at radius 1 is 1.08 bits per heavy atom. The normalized spacial score (nSPS) is 10.5. The lowest BCUT2D eigenvalue weighted by Gasteiger charge is -2.03. The summed E-state index contributed by atoms with van der Waals surface area (Å²) in [6.45, 7) is 0.477. The number of amides is 1. The van der Waals surface area contributed by atoms with E-state index in [0.29, 0.717) is 23.2 Å². The van der Waals surface area contributed by atoms with Gasteiger partial charge in [-0.15, -0.1) is 10.2 Å². The molecule has 24 heavy (non-hydrogen) atoms. The quantitative estimate of drug-likeness (QED) is 0.696. The summed E-state index contributed by atoms with van der Waals surface area (Å²) in [6, 6.07) is 15.4. The van der Waals surface area contributed by atoms with Crippen LogP contribution in [0.2, 0.25) is 0 Å². The minimum Gasteiger partial charge on any atom is -0.411 e. The molecule has 122 valence electrons. The molecule has 1 amide bonds. The Hall–Kier alpha value is -2.67. The van der Waals surface area contributed by atoms with Gasteiger partial charge in [0.1, 0.15) is 5.82 Å². The van der Waals surface area contributed by atoms with Gasteiger partial charge in [-0.25, -0.2) is 4.39 Å². The van der Waals surface area contributed by atoms with E-state index >= 15 is 0 Å². The van der Waals surface area contributed by atoms with Crippen molar-refractivity contribution in [3.63, 3.8) is 0 Å². The van der Waals surface area contributed by atoms with E-state index in [1.165, 1.54) is 12.1 Å². The molecule has 0 spiro atoms. The fraction of sp³-hybridized carbons (Fsp3) is 0.118. The van der Waals surface area contributed by atoms with Crippen LogP contribution in [0.4, 0.5) is 4.39 Å². The highest BCUT2D eigenvalue weighted by atomic mass is 32.2. The topological polar surface area (TPSA) is 68.0 Å². The Morgan fingerprint density at radius 3 is 2.58 bits per heavy atom. The van der Waals surface area contributed by atoms with E-state index in [9.17, 15) is 9.18 Å². The summed E-state index contributed by atoms with van der Waals surface area (Å²) in [5.41, 5.74) is 1.66. The van der Waals surface area contributed by atoms with Gasteiger partial charge in [0.25, 0.3) is 5.22 Å². The lowest BCUT2D eigenvalue weighted by atomic mass is 10.2. The number of aromatic nitrogens is 2. The minimum atomic E-state index is -0.331. The van der Waals surface area contributed by atoms with Crippen LogP contribution < -0.4 is 5.32 Å². The van der Waals surface area contributed by atoms with Crippen molar-refractivity contribution in [3.05, 3.63) is 66.0 Å². The van der Waals surface area contributed by atoms with Gasteiger partial charge in [-0.2, -0.15) is 0 Å². The second-order valence-corrected chi connectivity index (χ2v) is 5.86. The highest BCUT2D eigenvalue weighted by molar-refractivity contribution is 7.99. The Labute approximate surface area is 142 Å². The standard InChI is InChI=1S/C17H14FN3O2S/c18-14-8-6-13(7-9-14)16-20-21-17(23-16)24-11-15(22)19-10-12-4-2-1-3-5-12/h1-9H,10-11H2,(H,19,22). The zero-order valence-electron chi connectivity index (χ0n) is 12.6. The van der Waals surface area contributed by atoms with Crippen molar-refractivity contribution >= 4 is 17.7 Å². The van der Waals surface area contributed by atoms with Crippen LogP contribution in [-0.4, -0.2) is 21.9 Å². The van der Waals surface area contributed by atoms with E-state index < -0.39 is 0 Å². The molecule has 3 rings (SSSR count). The molecule has 2 aromatic carbocycles. The van der Waals surface area contributed by atoms with E-state index in [-0.39, 0.29) is 17.5 Å². The van der Waals surface area contributed by atoms with Crippen LogP contribution in [0.25, 0.3) is 11.5 Å². The van der Waals surface area contributed by atoms with Gasteiger partial charge in [0, 0.05) is 12.1 Å². The Bertz CT molecular complexity index is 806. The molecule has 0 radical (unpaired) electrons. The van der Waals surface area contributed by atoms with Crippen molar-refractivity contribution in [2.24, 2.45) is 0 Å². The summed E-state index contributed by atoms with van der Waals surface area (Å²) in [4.78, 5) is 11.8. The van der Waals surface area contributed by atoms with Crippen molar-refractivity contribution in [1.82, 2.24) is 15.5 Å². The third kappa shape index (κ3) is 4.42. The number of benzene rings is 2. The highest BCUT2D eigenvalue weighted by Gasteiger charge is 2.11. The molecule has 0 aliphatic heterocycles. The van der Waals surface area contributed by atoms with E-state index in [2.05, 4.69) is 15.5 Å². The molecule has 0 aliphatic carbocycles. The van der Waals surface area contributed by atoms with Gasteiger partial charge in [0.15, 0.2) is 0 Å². The lowest BCUT2D eigenvalue weighted by molar-refractivity contribution is -0.118. The first-order chi connectivity index (χ1) is 11.7. The second kappa shape index (κ2) is 7.74. The average Bonchev–Trinajstić information content (AvgIpc) is 3.09.